The SMILES string of the molecule is CC(C)NS(=O)(=O)c1ccc(F)c(C(=O)Nc2ccc(Cl)cc2NC(=O)c2ccco2)c1. The van der Waals surface area contributed by atoms with E-state index in [4.69, 9.17) is 16.0 Å². The number of anilines is 2. The highest BCUT2D eigenvalue weighted by atomic mass is 35.5. The van der Waals surface area contributed by atoms with Gasteiger partial charge in [-0.3, -0.25) is 9.59 Å². The average Bonchev–Trinajstić information content (AvgIpc) is 3.24. The van der Waals surface area contributed by atoms with Crippen molar-refractivity contribution in [2.24, 2.45) is 0 Å². The fourth-order valence-electron chi connectivity index (χ4n) is 2.73. The van der Waals surface area contributed by atoms with Crippen LogP contribution in [0.1, 0.15) is 34.8 Å². The molecule has 0 aliphatic carbocycles. The molecule has 2 aromatic carbocycles. The highest BCUT2D eigenvalue weighted by Gasteiger charge is 2.21. The Bertz CT molecular complexity index is 1260. The summed E-state index contributed by atoms with van der Waals surface area (Å²) in [6, 6.07) is 9.75. The first-order valence-corrected chi connectivity index (χ1v) is 11.2. The predicted molar refractivity (Wildman–Crippen MR) is 118 cm³/mol. The molecule has 32 heavy (non-hydrogen) atoms. The number of sulfonamides is 1. The Balaban J connectivity index is 1.89. The maximum Gasteiger partial charge on any atom is 0.291 e. The monoisotopic (exact) mass is 479 g/mol. The normalized spacial score (nSPS) is 11.4. The molecular weight excluding hydrogens is 461 g/mol. The minimum atomic E-state index is -3.94. The van der Waals surface area contributed by atoms with E-state index in [-0.39, 0.29) is 27.1 Å². The minimum Gasteiger partial charge on any atom is -0.459 e. The number of carbonyl (C=O) groups excluding carboxylic acids is 2. The number of hydrogen-bond acceptors (Lipinski definition) is 5. The second-order valence-corrected chi connectivity index (χ2v) is 9.14. The van der Waals surface area contributed by atoms with E-state index in [1.54, 1.807) is 13.8 Å². The molecule has 0 bridgehead atoms. The number of amides is 2. The number of nitrogens with one attached hydrogen (secondary N) is 3. The number of benzene rings is 2. The molecule has 3 N–H and O–H groups in total. The van der Waals surface area contributed by atoms with Gasteiger partial charge in [-0.2, -0.15) is 0 Å². The Kier molecular flexibility index (Phi) is 6.97. The second kappa shape index (κ2) is 9.51. The van der Waals surface area contributed by atoms with Crippen LogP contribution in [-0.4, -0.2) is 26.3 Å². The zero-order valence-corrected chi connectivity index (χ0v) is 18.6. The van der Waals surface area contributed by atoms with Crippen molar-refractivity contribution in [1.29, 1.82) is 0 Å². The van der Waals surface area contributed by atoms with Crippen LogP contribution in [0.2, 0.25) is 5.02 Å². The molecule has 0 aliphatic rings. The Hall–Kier alpha value is -3.21. The topological polar surface area (TPSA) is 118 Å². The molecule has 0 spiro atoms. The fraction of sp³-hybridized carbons (Fsp3) is 0.143. The molecule has 168 valence electrons. The lowest BCUT2D eigenvalue weighted by Gasteiger charge is -2.14. The Morgan fingerprint density at radius 3 is 2.38 bits per heavy atom. The van der Waals surface area contributed by atoms with Crippen LogP contribution in [0.5, 0.6) is 0 Å². The summed E-state index contributed by atoms with van der Waals surface area (Å²) in [7, 11) is -3.94. The van der Waals surface area contributed by atoms with E-state index >= 15 is 0 Å². The lowest BCUT2D eigenvalue weighted by molar-refractivity contribution is 0.0992. The molecule has 0 atom stereocenters. The summed E-state index contributed by atoms with van der Waals surface area (Å²) in [5, 5.41) is 5.29. The van der Waals surface area contributed by atoms with E-state index in [0.717, 1.165) is 18.2 Å². The molecular formula is C21H19ClFN3O5S. The second-order valence-electron chi connectivity index (χ2n) is 6.99. The third-order valence-electron chi connectivity index (χ3n) is 4.11. The highest BCUT2D eigenvalue weighted by molar-refractivity contribution is 7.89. The molecule has 11 heteroatoms. The Morgan fingerprint density at radius 1 is 1.00 bits per heavy atom. The minimum absolute atomic E-state index is 0.0313. The van der Waals surface area contributed by atoms with Gasteiger partial charge in [0.1, 0.15) is 5.82 Å². The van der Waals surface area contributed by atoms with Crippen molar-refractivity contribution >= 4 is 44.8 Å². The highest BCUT2D eigenvalue weighted by Crippen LogP contribution is 2.27. The van der Waals surface area contributed by atoms with Gasteiger partial charge in [0.15, 0.2) is 5.76 Å². The Labute approximate surface area is 188 Å². The maximum atomic E-state index is 14.4. The summed E-state index contributed by atoms with van der Waals surface area (Å²) < 4.78 is 46.5. The van der Waals surface area contributed by atoms with Crippen molar-refractivity contribution in [3.8, 4) is 0 Å². The molecule has 0 radical (unpaired) electrons. The van der Waals surface area contributed by atoms with Gasteiger partial charge in [0.05, 0.1) is 28.1 Å². The van der Waals surface area contributed by atoms with Crippen LogP contribution >= 0.6 is 11.6 Å². The van der Waals surface area contributed by atoms with Crippen molar-refractivity contribution in [2.45, 2.75) is 24.8 Å². The van der Waals surface area contributed by atoms with Gasteiger partial charge in [-0.15, -0.1) is 0 Å². The first-order chi connectivity index (χ1) is 15.1. The summed E-state index contributed by atoms with van der Waals surface area (Å²) in [4.78, 5) is 24.8. The van der Waals surface area contributed by atoms with Crippen LogP contribution in [0.4, 0.5) is 15.8 Å². The van der Waals surface area contributed by atoms with Crippen molar-refractivity contribution in [2.75, 3.05) is 10.6 Å². The maximum absolute atomic E-state index is 14.4. The van der Waals surface area contributed by atoms with Crippen LogP contribution in [0.3, 0.4) is 0 Å². The van der Waals surface area contributed by atoms with Crippen molar-refractivity contribution in [3.05, 3.63) is 77.0 Å². The molecule has 0 aliphatic heterocycles. The summed E-state index contributed by atoms with van der Waals surface area (Å²) >= 11 is 6.00. The average molecular weight is 480 g/mol. The third-order valence-corrected chi connectivity index (χ3v) is 6.00. The first kappa shape index (κ1) is 23.5. The molecule has 1 heterocycles. The number of furan rings is 1. The molecule has 3 aromatic rings. The van der Waals surface area contributed by atoms with Crippen LogP contribution in [0, 0.1) is 5.82 Å². The molecule has 0 saturated carbocycles. The van der Waals surface area contributed by atoms with Gasteiger partial charge in [-0.05, 0) is 62.4 Å². The van der Waals surface area contributed by atoms with Crippen molar-refractivity contribution < 1.29 is 26.8 Å². The lowest BCUT2D eigenvalue weighted by Crippen LogP contribution is -2.30. The number of rotatable bonds is 7. The summed E-state index contributed by atoms with van der Waals surface area (Å²) in [5.74, 6) is -2.39. The predicted octanol–water partition coefficient (Wildman–Crippen LogP) is 4.26. The molecule has 8 nitrogen and oxygen atoms in total. The van der Waals surface area contributed by atoms with E-state index in [0.29, 0.717) is 0 Å². The van der Waals surface area contributed by atoms with E-state index in [2.05, 4.69) is 15.4 Å². The van der Waals surface area contributed by atoms with Gasteiger partial charge in [-0.25, -0.2) is 17.5 Å². The quantitative estimate of drug-likeness (QED) is 0.468. The van der Waals surface area contributed by atoms with Gasteiger partial charge < -0.3 is 15.1 Å². The molecule has 0 fully saturated rings. The lowest BCUT2D eigenvalue weighted by atomic mass is 10.2. The number of halogens is 2. The molecule has 2 amide bonds. The van der Waals surface area contributed by atoms with Crippen molar-refractivity contribution in [1.82, 2.24) is 4.72 Å². The van der Waals surface area contributed by atoms with Gasteiger partial charge in [0, 0.05) is 11.1 Å². The van der Waals surface area contributed by atoms with Gasteiger partial charge in [-0.1, -0.05) is 11.6 Å². The first-order valence-electron chi connectivity index (χ1n) is 9.34. The van der Waals surface area contributed by atoms with E-state index in [9.17, 15) is 22.4 Å². The van der Waals surface area contributed by atoms with Gasteiger partial charge in [0.25, 0.3) is 11.8 Å². The standard InChI is InChI=1S/C21H19ClFN3O5S/c1-12(2)26-32(29,30)14-6-7-16(23)15(11-14)20(27)24-17-8-5-13(22)10-18(17)25-21(28)19-4-3-9-31-19/h3-12,26H,1-2H3,(H,24,27)(H,25,28). The van der Waals surface area contributed by atoms with Crippen molar-refractivity contribution in [3.63, 3.8) is 0 Å². The summed E-state index contributed by atoms with van der Waals surface area (Å²) in [5.41, 5.74) is -0.236. The summed E-state index contributed by atoms with van der Waals surface area (Å²) in [6.45, 7) is 3.27. The van der Waals surface area contributed by atoms with Crippen LogP contribution in [-0.2, 0) is 10.0 Å². The molecule has 3 rings (SSSR count). The fourth-order valence-corrected chi connectivity index (χ4v) is 4.18. The molecule has 1 aromatic heterocycles. The smallest absolute Gasteiger partial charge is 0.291 e. The molecule has 0 unspecified atom stereocenters. The third kappa shape index (κ3) is 5.52. The zero-order valence-electron chi connectivity index (χ0n) is 17.0. The van der Waals surface area contributed by atoms with Crippen LogP contribution < -0.4 is 15.4 Å². The van der Waals surface area contributed by atoms with Gasteiger partial charge >= 0.3 is 0 Å². The Morgan fingerprint density at radius 2 is 1.72 bits per heavy atom. The van der Waals surface area contributed by atoms with Gasteiger partial charge in [0.2, 0.25) is 10.0 Å². The van der Waals surface area contributed by atoms with Crippen LogP contribution in [0.15, 0.2) is 64.1 Å². The zero-order chi connectivity index (χ0) is 23.5. The van der Waals surface area contributed by atoms with Crippen LogP contribution in [0.25, 0.3) is 0 Å². The number of hydrogen-bond donors (Lipinski definition) is 3. The van der Waals surface area contributed by atoms with E-state index in [1.807, 2.05) is 0 Å². The molecule has 0 saturated heterocycles. The largest absolute Gasteiger partial charge is 0.459 e. The number of carbonyl (C=O) groups is 2. The van der Waals surface area contributed by atoms with E-state index < -0.39 is 39.3 Å². The van der Waals surface area contributed by atoms with E-state index in [1.165, 1.54) is 36.6 Å². The summed E-state index contributed by atoms with van der Waals surface area (Å²) in [6.07, 6.45) is 1.33.